The Labute approximate surface area is 152 Å². The van der Waals surface area contributed by atoms with E-state index in [1.54, 1.807) is 15.9 Å². The summed E-state index contributed by atoms with van der Waals surface area (Å²) in [5.74, 6) is -0.720. The zero-order valence-electron chi connectivity index (χ0n) is 14.9. The molecule has 26 heavy (non-hydrogen) atoms. The maximum absolute atomic E-state index is 13.8. The first-order valence-electron chi connectivity index (χ1n) is 8.49. The van der Waals surface area contributed by atoms with Crippen LogP contribution in [-0.4, -0.2) is 54.9 Å². The van der Waals surface area contributed by atoms with Crippen molar-refractivity contribution in [3.05, 3.63) is 65.0 Å². The van der Waals surface area contributed by atoms with Gasteiger partial charge >= 0.3 is 0 Å². The van der Waals surface area contributed by atoms with Gasteiger partial charge in [-0.2, -0.15) is 0 Å². The van der Waals surface area contributed by atoms with Crippen LogP contribution in [0.5, 0.6) is 5.75 Å². The standard InChI is InChI=1S/C20H21FN2O3/c1-14-5-3-4-6-16(14)20(25)23-11-9-22(10-12-23)19(24)15-7-8-18(26-2)17(21)13-15/h3-8,13H,9-12H2,1-2H3. The molecule has 0 spiro atoms. The molecule has 0 atom stereocenters. The second-order valence-electron chi connectivity index (χ2n) is 6.25. The Hall–Kier alpha value is -2.89. The molecule has 1 aliphatic heterocycles. The first kappa shape index (κ1) is 17.9. The summed E-state index contributed by atoms with van der Waals surface area (Å²) in [6, 6.07) is 11.6. The molecule has 1 fully saturated rings. The van der Waals surface area contributed by atoms with E-state index in [1.807, 2.05) is 31.2 Å². The smallest absolute Gasteiger partial charge is 0.254 e. The van der Waals surface area contributed by atoms with Crippen LogP contribution in [0, 0.1) is 12.7 Å². The minimum absolute atomic E-state index is 0.0225. The molecular formula is C20H21FN2O3. The number of carbonyl (C=O) groups is 2. The number of amides is 2. The third-order valence-corrected chi connectivity index (χ3v) is 4.63. The maximum atomic E-state index is 13.8. The van der Waals surface area contributed by atoms with Crippen molar-refractivity contribution in [2.75, 3.05) is 33.3 Å². The third kappa shape index (κ3) is 3.54. The Morgan fingerprint density at radius 1 is 0.962 bits per heavy atom. The fraction of sp³-hybridized carbons (Fsp3) is 0.300. The monoisotopic (exact) mass is 356 g/mol. The molecule has 0 aromatic heterocycles. The lowest BCUT2D eigenvalue weighted by atomic mass is 10.1. The molecule has 1 heterocycles. The predicted octanol–water partition coefficient (Wildman–Crippen LogP) is 2.74. The van der Waals surface area contributed by atoms with Gasteiger partial charge in [-0.05, 0) is 36.8 Å². The third-order valence-electron chi connectivity index (χ3n) is 4.63. The molecule has 1 aliphatic rings. The number of nitrogens with zero attached hydrogens (tertiary/aromatic N) is 2. The van der Waals surface area contributed by atoms with E-state index in [0.29, 0.717) is 31.7 Å². The van der Waals surface area contributed by atoms with Crippen LogP contribution in [0.2, 0.25) is 0 Å². The number of aryl methyl sites for hydroxylation is 1. The van der Waals surface area contributed by atoms with Crippen LogP contribution >= 0.6 is 0 Å². The van der Waals surface area contributed by atoms with E-state index in [9.17, 15) is 14.0 Å². The largest absolute Gasteiger partial charge is 0.494 e. The first-order valence-corrected chi connectivity index (χ1v) is 8.49. The highest BCUT2D eigenvalue weighted by molar-refractivity contribution is 5.96. The molecule has 0 saturated carbocycles. The normalized spacial score (nSPS) is 14.3. The summed E-state index contributed by atoms with van der Waals surface area (Å²) < 4.78 is 18.7. The van der Waals surface area contributed by atoms with Gasteiger partial charge in [-0.25, -0.2) is 4.39 Å². The molecule has 1 saturated heterocycles. The van der Waals surface area contributed by atoms with E-state index in [-0.39, 0.29) is 23.1 Å². The lowest BCUT2D eigenvalue weighted by Gasteiger charge is -2.35. The summed E-state index contributed by atoms with van der Waals surface area (Å²) in [4.78, 5) is 28.6. The number of piperazine rings is 1. The Morgan fingerprint density at radius 2 is 1.58 bits per heavy atom. The molecule has 2 aromatic rings. The van der Waals surface area contributed by atoms with Gasteiger partial charge in [0.1, 0.15) is 0 Å². The van der Waals surface area contributed by atoms with Crippen molar-refractivity contribution in [2.45, 2.75) is 6.92 Å². The van der Waals surface area contributed by atoms with Gasteiger partial charge in [-0.3, -0.25) is 9.59 Å². The van der Waals surface area contributed by atoms with Crippen LogP contribution in [0.25, 0.3) is 0 Å². The van der Waals surface area contributed by atoms with Crippen LogP contribution < -0.4 is 4.74 Å². The highest BCUT2D eigenvalue weighted by atomic mass is 19.1. The van der Waals surface area contributed by atoms with Gasteiger partial charge in [0.05, 0.1) is 7.11 Å². The summed E-state index contributed by atoms with van der Waals surface area (Å²) in [6.07, 6.45) is 0. The van der Waals surface area contributed by atoms with E-state index in [1.165, 1.54) is 19.2 Å². The molecule has 2 aromatic carbocycles. The number of hydrogen-bond acceptors (Lipinski definition) is 3. The number of benzene rings is 2. The molecule has 5 nitrogen and oxygen atoms in total. The first-order chi connectivity index (χ1) is 12.5. The number of rotatable bonds is 3. The van der Waals surface area contributed by atoms with Gasteiger partial charge < -0.3 is 14.5 Å². The highest BCUT2D eigenvalue weighted by Crippen LogP contribution is 2.20. The lowest BCUT2D eigenvalue weighted by Crippen LogP contribution is -2.50. The van der Waals surface area contributed by atoms with Crippen LogP contribution in [0.15, 0.2) is 42.5 Å². The van der Waals surface area contributed by atoms with E-state index >= 15 is 0 Å². The summed E-state index contributed by atoms with van der Waals surface area (Å²) in [5.41, 5.74) is 1.90. The van der Waals surface area contributed by atoms with Crippen molar-refractivity contribution in [3.63, 3.8) is 0 Å². The second kappa shape index (κ2) is 7.56. The van der Waals surface area contributed by atoms with Gasteiger partial charge in [-0.1, -0.05) is 18.2 Å². The fourth-order valence-electron chi connectivity index (χ4n) is 3.08. The molecule has 136 valence electrons. The Kier molecular flexibility index (Phi) is 5.21. The van der Waals surface area contributed by atoms with Crippen LogP contribution in [0.4, 0.5) is 4.39 Å². The second-order valence-corrected chi connectivity index (χ2v) is 6.25. The molecule has 0 unspecified atom stereocenters. The van der Waals surface area contributed by atoms with Crippen molar-refractivity contribution in [2.24, 2.45) is 0 Å². The van der Waals surface area contributed by atoms with Crippen molar-refractivity contribution in [3.8, 4) is 5.75 Å². The molecule has 3 rings (SSSR count). The van der Waals surface area contributed by atoms with Crippen LogP contribution in [-0.2, 0) is 0 Å². The number of hydrogen-bond donors (Lipinski definition) is 0. The van der Waals surface area contributed by atoms with E-state index < -0.39 is 5.82 Å². The van der Waals surface area contributed by atoms with Gasteiger partial charge in [-0.15, -0.1) is 0 Å². The molecular weight excluding hydrogens is 335 g/mol. The van der Waals surface area contributed by atoms with Crippen molar-refractivity contribution < 1.29 is 18.7 Å². The van der Waals surface area contributed by atoms with Crippen molar-refractivity contribution in [1.82, 2.24) is 9.80 Å². The number of carbonyl (C=O) groups excluding carboxylic acids is 2. The average Bonchev–Trinajstić information content (AvgIpc) is 2.67. The van der Waals surface area contributed by atoms with E-state index in [2.05, 4.69) is 0 Å². The van der Waals surface area contributed by atoms with Gasteiger partial charge in [0.25, 0.3) is 11.8 Å². The predicted molar refractivity (Wildman–Crippen MR) is 95.9 cm³/mol. The summed E-state index contributed by atoms with van der Waals surface area (Å²) >= 11 is 0. The summed E-state index contributed by atoms with van der Waals surface area (Å²) in [5, 5.41) is 0. The van der Waals surface area contributed by atoms with E-state index in [0.717, 1.165) is 5.56 Å². The molecule has 2 amide bonds. The van der Waals surface area contributed by atoms with E-state index in [4.69, 9.17) is 4.74 Å². The molecule has 0 bridgehead atoms. The molecule has 0 aliphatic carbocycles. The SMILES string of the molecule is COc1ccc(C(=O)N2CCN(C(=O)c3ccccc3C)CC2)cc1F. The van der Waals surface area contributed by atoms with Crippen LogP contribution in [0.1, 0.15) is 26.3 Å². The van der Waals surface area contributed by atoms with Gasteiger partial charge in [0.2, 0.25) is 0 Å². The molecule has 6 heteroatoms. The topological polar surface area (TPSA) is 49.9 Å². The minimum Gasteiger partial charge on any atom is -0.494 e. The summed E-state index contributed by atoms with van der Waals surface area (Å²) in [7, 11) is 1.38. The van der Waals surface area contributed by atoms with Gasteiger partial charge in [0.15, 0.2) is 11.6 Å². The van der Waals surface area contributed by atoms with Crippen molar-refractivity contribution in [1.29, 1.82) is 0 Å². The van der Waals surface area contributed by atoms with Crippen LogP contribution in [0.3, 0.4) is 0 Å². The summed E-state index contributed by atoms with van der Waals surface area (Å²) in [6.45, 7) is 3.66. The average molecular weight is 356 g/mol. The quantitative estimate of drug-likeness (QED) is 0.850. The Balaban J connectivity index is 1.65. The van der Waals surface area contributed by atoms with Crippen molar-refractivity contribution >= 4 is 11.8 Å². The maximum Gasteiger partial charge on any atom is 0.254 e. The molecule has 0 N–H and O–H groups in total. The fourth-order valence-corrected chi connectivity index (χ4v) is 3.08. The zero-order valence-corrected chi connectivity index (χ0v) is 14.9. The van der Waals surface area contributed by atoms with Gasteiger partial charge in [0, 0.05) is 37.3 Å². The minimum atomic E-state index is -0.563. The highest BCUT2D eigenvalue weighted by Gasteiger charge is 2.26. The number of methoxy groups -OCH3 is 1. The molecule has 0 radical (unpaired) electrons. The number of halogens is 1. The zero-order chi connectivity index (χ0) is 18.7. The Morgan fingerprint density at radius 3 is 2.15 bits per heavy atom. The Bertz CT molecular complexity index is 830. The lowest BCUT2D eigenvalue weighted by molar-refractivity contribution is 0.0535. The number of ether oxygens (including phenoxy) is 1.